The lowest BCUT2D eigenvalue weighted by Gasteiger charge is -2.32. The quantitative estimate of drug-likeness (QED) is 0.918. The molecule has 0 bridgehead atoms. The molecule has 0 unspecified atom stereocenters. The third-order valence-corrected chi connectivity index (χ3v) is 4.34. The van der Waals surface area contributed by atoms with Crippen LogP contribution in [0.5, 0.6) is 0 Å². The molecule has 1 atom stereocenters. The van der Waals surface area contributed by atoms with Gasteiger partial charge in [-0.2, -0.15) is 0 Å². The zero-order chi connectivity index (χ0) is 17.2. The standard InChI is InChI=1S/C17H23N5O2/c1-17(2,24)15-12-22(20-19-15)11-13-4-3-9-21(10-13)16(23)14-5-7-18-8-6-14/h5-8,12-13,24H,3-4,9-11H2,1-2H3/t13-/m1/s1. The summed E-state index contributed by atoms with van der Waals surface area (Å²) in [6.45, 7) is 5.57. The Morgan fingerprint density at radius 3 is 2.79 bits per heavy atom. The largest absolute Gasteiger partial charge is 0.384 e. The molecule has 0 aliphatic carbocycles. The van der Waals surface area contributed by atoms with Gasteiger partial charge in [-0.25, -0.2) is 0 Å². The monoisotopic (exact) mass is 329 g/mol. The van der Waals surface area contributed by atoms with Crippen molar-refractivity contribution in [1.29, 1.82) is 0 Å². The second-order valence-electron chi connectivity index (χ2n) is 6.88. The maximum Gasteiger partial charge on any atom is 0.253 e. The lowest BCUT2D eigenvalue weighted by molar-refractivity contribution is 0.0659. The van der Waals surface area contributed by atoms with E-state index < -0.39 is 5.60 Å². The van der Waals surface area contributed by atoms with E-state index in [4.69, 9.17) is 0 Å². The van der Waals surface area contributed by atoms with E-state index in [9.17, 15) is 9.90 Å². The highest BCUT2D eigenvalue weighted by Gasteiger charge is 2.26. The Kier molecular flexibility index (Phi) is 4.62. The van der Waals surface area contributed by atoms with E-state index >= 15 is 0 Å². The first-order valence-corrected chi connectivity index (χ1v) is 8.26. The molecule has 7 heteroatoms. The van der Waals surface area contributed by atoms with Crippen LogP contribution in [0.15, 0.2) is 30.7 Å². The van der Waals surface area contributed by atoms with Crippen molar-refractivity contribution < 1.29 is 9.90 Å². The third-order valence-electron chi connectivity index (χ3n) is 4.34. The van der Waals surface area contributed by atoms with E-state index in [1.807, 2.05) is 4.90 Å². The average molecular weight is 329 g/mol. The van der Waals surface area contributed by atoms with Crippen LogP contribution in [0.3, 0.4) is 0 Å². The molecular formula is C17H23N5O2. The lowest BCUT2D eigenvalue weighted by Crippen LogP contribution is -2.41. The first-order chi connectivity index (χ1) is 11.4. The number of carbonyl (C=O) groups excluding carboxylic acids is 1. The number of nitrogens with zero attached hydrogens (tertiary/aromatic N) is 5. The van der Waals surface area contributed by atoms with Crippen LogP contribution in [0.2, 0.25) is 0 Å². The summed E-state index contributed by atoms with van der Waals surface area (Å²) in [7, 11) is 0. The molecule has 3 rings (SSSR count). The summed E-state index contributed by atoms with van der Waals surface area (Å²) < 4.78 is 1.76. The molecule has 2 aromatic heterocycles. The number of amides is 1. The van der Waals surface area contributed by atoms with Crippen LogP contribution in [0.25, 0.3) is 0 Å². The second kappa shape index (κ2) is 6.68. The van der Waals surface area contributed by atoms with Gasteiger partial charge in [0.05, 0.1) is 6.20 Å². The second-order valence-corrected chi connectivity index (χ2v) is 6.88. The molecule has 0 saturated carbocycles. The number of pyridine rings is 1. The molecule has 1 fully saturated rings. The smallest absolute Gasteiger partial charge is 0.253 e. The molecule has 1 N–H and O–H groups in total. The molecule has 1 aliphatic rings. The van der Waals surface area contributed by atoms with E-state index in [1.165, 1.54) is 0 Å². The molecule has 7 nitrogen and oxygen atoms in total. The van der Waals surface area contributed by atoms with Gasteiger partial charge in [-0.05, 0) is 44.7 Å². The van der Waals surface area contributed by atoms with Gasteiger partial charge in [0.1, 0.15) is 11.3 Å². The molecule has 1 amide bonds. The van der Waals surface area contributed by atoms with Crippen LogP contribution in [-0.2, 0) is 12.1 Å². The van der Waals surface area contributed by atoms with Gasteiger partial charge in [0.2, 0.25) is 0 Å². The molecule has 1 aliphatic heterocycles. The Labute approximate surface area is 141 Å². The van der Waals surface area contributed by atoms with Gasteiger partial charge in [-0.3, -0.25) is 14.5 Å². The van der Waals surface area contributed by atoms with Gasteiger partial charge >= 0.3 is 0 Å². The van der Waals surface area contributed by atoms with Crippen molar-refractivity contribution >= 4 is 5.91 Å². The number of aliphatic hydroxyl groups is 1. The third kappa shape index (κ3) is 3.79. The number of rotatable bonds is 4. The van der Waals surface area contributed by atoms with Gasteiger partial charge in [0.25, 0.3) is 5.91 Å². The molecule has 3 heterocycles. The zero-order valence-corrected chi connectivity index (χ0v) is 14.1. The van der Waals surface area contributed by atoms with Gasteiger partial charge in [0, 0.05) is 37.6 Å². The minimum Gasteiger partial charge on any atom is -0.384 e. The first kappa shape index (κ1) is 16.6. The number of hydrogen-bond acceptors (Lipinski definition) is 5. The Hall–Kier alpha value is -2.28. The normalized spacial score (nSPS) is 18.6. The predicted octanol–water partition coefficient (Wildman–Crippen LogP) is 1.45. The zero-order valence-electron chi connectivity index (χ0n) is 14.1. The van der Waals surface area contributed by atoms with Crippen LogP contribution in [0.1, 0.15) is 42.7 Å². The minimum atomic E-state index is -0.992. The van der Waals surface area contributed by atoms with Crippen molar-refractivity contribution in [3.63, 3.8) is 0 Å². The highest BCUT2D eigenvalue weighted by atomic mass is 16.3. The highest BCUT2D eigenvalue weighted by Crippen LogP contribution is 2.21. The summed E-state index contributed by atoms with van der Waals surface area (Å²) in [6, 6.07) is 3.50. The first-order valence-electron chi connectivity index (χ1n) is 8.26. The molecule has 2 aromatic rings. The van der Waals surface area contributed by atoms with E-state index in [1.54, 1.807) is 49.3 Å². The number of aromatic nitrogens is 4. The van der Waals surface area contributed by atoms with Crippen LogP contribution >= 0.6 is 0 Å². The number of likely N-dealkylation sites (tertiary alicyclic amines) is 1. The fourth-order valence-electron chi connectivity index (χ4n) is 3.01. The average Bonchev–Trinajstić information content (AvgIpc) is 3.04. The van der Waals surface area contributed by atoms with Gasteiger partial charge in [-0.1, -0.05) is 5.21 Å². The maximum atomic E-state index is 12.6. The fourth-order valence-corrected chi connectivity index (χ4v) is 3.01. The molecule has 0 spiro atoms. The topological polar surface area (TPSA) is 84.1 Å². The summed E-state index contributed by atoms with van der Waals surface area (Å²) in [4.78, 5) is 18.4. The van der Waals surface area contributed by atoms with Crippen molar-refractivity contribution in [2.45, 2.75) is 38.8 Å². The van der Waals surface area contributed by atoms with E-state index in [0.717, 1.165) is 19.4 Å². The van der Waals surface area contributed by atoms with E-state index in [2.05, 4.69) is 15.3 Å². The summed E-state index contributed by atoms with van der Waals surface area (Å²) in [5.74, 6) is 0.388. The van der Waals surface area contributed by atoms with Crippen molar-refractivity contribution in [3.05, 3.63) is 42.0 Å². The Balaban J connectivity index is 1.63. The molecule has 1 saturated heterocycles. The molecule has 24 heavy (non-hydrogen) atoms. The summed E-state index contributed by atoms with van der Waals surface area (Å²) in [5.41, 5.74) is 0.243. The number of piperidine rings is 1. The number of hydrogen-bond donors (Lipinski definition) is 1. The highest BCUT2D eigenvalue weighted by molar-refractivity contribution is 5.94. The van der Waals surface area contributed by atoms with E-state index in [-0.39, 0.29) is 5.91 Å². The number of carbonyl (C=O) groups is 1. The summed E-state index contributed by atoms with van der Waals surface area (Å²) >= 11 is 0. The minimum absolute atomic E-state index is 0.0536. The summed E-state index contributed by atoms with van der Waals surface area (Å²) in [5, 5.41) is 18.1. The summed E-state index contributed by atoms with van der Waals surface area (Å²) in [6.07, 6.45) is 7.10. The van der Waals surface area contributed by atoms with Crippen molar-refractivity contribution in [2.75, 3.05) is 13.1 Å². The maximum absolute atomic E-state index is 12.6. The van der Waals surface area contributed by atoms with Gasteiger partial charge in [0.15, 0.2) is 0 Å². The SMILES string of the molecule is CC(C)(O)c1cn(C[C@@H]2CCCN(C(=O)c3ccncc3)C2)nn1. The van der Waals surface area contributed by atoms with Crippen LogP contribution < -0.4 is 0 Å². The van der Waals surface area contributed by atoms with Crippen molar-refractivity contribution in [1.82, 2.24) is 24.9 Å². The fraction of sp³-hybridized carbons (Fsp3) is 0.529. The molecule has 0 aromatic carbocycles. The van der Waals surface area contributed by atoms with Gasteiger partial charge < -0.3 is 10.0 Å². The molecule has 128 valence electrons. The van der Waals surface area contributed by atoms with Crippen molar-refractivity contribution in [3.8, 4) is 0 Å². The van der Waals surface area contributed by atoms with E-state index in [0.29, 0.717) is 30.3 Å². The Morgan fingerprint density at radius 2 is 2.12 bits per heavy atom. The van der Waals surface area contributed by atoms with Gasteiger partial charge in [-0.15, -0.1) is 5.10 Å². The molecule has 0 radical (unpaired) electrons. The Bertz CT molecular complexity index is 693. The van der Waals surface area contributed by atoms with Crippen LogP contribution in [-0.4, -0.2) is 49.0 Å². The van der Waals surface area contributed by atoms with Crippen molar-refractivity contribution in [2.24, 2.45) is 5.92 Å². The van der Waals surface area contributed by atoms with Crippen LogP contribution in [0, 0.1) is 5.92 Å². The molecular weight excluding hydrogens is 306 g/mol. The lowest BCUT2D eigenvalue weighted by atomic mass is 9.97. The van der Waals surface area contributed by atoms with Crippen LogP contribution in [0.4, 0.5) is 0 Å². The Morgan fingerprint density at radius 1 is 1.38 bits per heavy atom. The predicted molar refractivity (Wildman–Crippen MR) is 88.1 cm³/mol.